The summed E-state index contributed by atoms with van der Waals surface area (Å²) >= 11 is 0. The molecule has 23 heteroatoms. The first-order valence-corrected chi connectivity index (χ1v) is 23.8. The minimum Gasteiger partial charge on any atom is -0.361 e. The van der Waals surface area contributed by atoms with Crippen molar-refractivity contribution in [3.05, 3.63) is 96.0 Å². The highest BCUT2D eigenvalue weighted by Gasteiger charge is 2.46. The Balaban J connectivity index is 1.67. The van der Waals surface area contributed by atoms with Crippen LogP contribution in [0.5, 0.6) is 0 Å². The molecule has 0 radical (unpaired) electrons. The summed E-state index contributed by atoms with van der Waals surface area (Å²) in [5, 5.41) is 8.03. The molecule has 0 unspecified atom stereocenters. The molecule has 0 aliphatic carbocycles. The van der Waals surface area contributed by atoms with Crippen LogP contribution >= 0.6 is 0 Å². The topological polar surface area (TPSA) is 304 Å². The molecule has 0 atom stereocenters. The lowest BCUT2D eigenvalue weighted by molar-refractivity contribution is -0.437. The summed E-state index contributed by atoms with van der Waals surface area (Å²) in [6.07, 6.45) is 3.35. The van der Waals surface area contributed by atoms with Crippen LogP contribution in [-0.4, -0.2) is 116 Å². The number of pyridine rings is 1. The first-order chi connectivity index (χ1) is 27.3. The maximum Gasteiger partial charge on any atom is 0.295 e. The van der Waals surface area contributed by atoms with E-state index in [2.05, 4.69) is 20.9 Å². The van der Waals surface area contributed by atoms with Gasteiger partial charge in [0, 0.05) is 54.5 Å². The second-order valence-electron chi connectivity index (χ2n) is 13.9. The molecule has 2 amide bonds. The largest absolute Gasteiger partial charge is 0.361 e. The summed E-state index contributed by atoms with van der Waals surface area (Å²) in [7, 11) is -18.3. The Labute approximate surface area is 340 Å². The molecule has 4 aromatic rings. The van der Waals surface area contributed by atoms with Gasteiger partial charge in [-0.3, -0.25) is 27.8 Å². The summed E-state index contributed by atoms with van der Waals surface area (Å²) in [4.78, 5) is 29.7. The number of carbonyl (C=O) groups is 2. The van der Waals surface area contributed by atoms with E-state index in [9.17, 15) is 52.4 Å². The van der Waals surface area contributed by atoms with Crippen molar-refractivity contribution in [2.45, 2.75) is 30.6 Å². The summed E-state index contributed by atoms with van der Waals surface area (Å²) < 4.78 is 134. The lowest BCUT2D eigenvalue weighted by atomic mass is 9.79. The Morgan fingerprint density at radius 2 is 1.27 bits per heavy atom. The molecule has 0 fully saturated rings. The lowest BCUT2D eigenvalue weighted by Crippen LogP contribution is -2.32. The Morgan fingerprint density at radius 3 is 1.80 bits per heavy atom. The van der Waals surface area contributed by atoms with Gasteiger partial charge >= 0.3 is 0 Å². The van der Waals surface area contributed by atoms with Crippen molar-refractivity contribution in [2.24, 2.45) is 0 Å². The zero-order valence-corrected chi connectivity index (χ0v) is 34.6. The van der Waals surface area contributed by atoms with Crippen LogP contribution in [0, 0.1) is 0 Å². The number of benzene rings is 3. The summed E-state index contributed by atoms with van der Waals surface area (Å²) in [6, 6.07) is 17.3. The van der Waals surface area contributed by atoms with Crippen molar-refractivity contribution in [3.8, 4) is 11.1 Å². The Kier molecular flexibility index (Phi) is 13.1. The van der Waals surface area contributed by atoms with Crippen molar-refractivity contribution >= 4 is 80.1 Å². The predicted octanol–water partition coefficient (Wildman–Crippen LogP) is 2.66. The lowest BCUT2D eigenvalue weighted by Gasteiger charge is -2.19. The number of hydrogen-bond acceptors (Lipinski definition) is 12. The molecule has 19 nitrogen and oxygen atoms in total. The van der Waals surface area contributed by atoms with Crippen molar-refractivity contribution in [2.75, 3.05) is 42.2 Å². The zero-order chi connectivity index (χ0) is 43.6. The molecule has 2 heterocycles. The quantitative estimate of drug-likeness (QED) is 0.0592. The van der Waals surface area contributed by atoms with Gasteiger partial charge in [-0.2, -0.15) is 38.2 Å². The molecule has 59 heavy (non-hydrogen) atoms. The SMILES string of the molecule is CC1(C)C(/C=C/Nc2ccccc2)=[N+](CCCS(=O)(=O)O)c2cc(S(=O)(=O)O)c3cc(-c4cc(C(=O)NCCS(=O)(=O)O)nc(C(=O)NCCS(=O)(=O)O)c4)ccc3c21. The predicted molar refractivity (Wildman–Crippen MR) is 218 cm³/mol. The first kappa shape index (κ1) is 45.0. The van der Waals surface area contributed by atoms with E-state index in [4.69, 9.17) is 9.11 Å². The van der Waals surface area contributed by atoms with Crippen LogP contribution in [0.15, 0.2) is 83.9 Å². The van der Waals surface area contributed by atoms with E-state index in [0.717, 1.165) is 5.69 Å². The Bertz CT molecular complexity index is 2780. The van der Waals surface area contributed by atoms with Crippen LogP contribution in [0.2, 0.25) is 0 Å². The van der Waals surface area contributed by atoms with Gasteiger partial charge in [-0.1, -0.05) is 30.3 Å². The van der Waals surface area contributed by atoms with E-state index in [-0.39, 0.29) is 29.5 Å². The number of amides is 2. The van der Waals surface area contributed by atoms with Crippen molar-refractivity contribution in [1.82, 2.24) is 15.6 Å². The van der Waals surface area contributed by atoms with Crippen molar-refractivity contribution in [1.29, 1.82) is 0 Å². The molecule has 1 aliphatic rings. The van der Waals surface area contributed by atoms with Crippen LogP contribution in [0.3, 0.4) is 0 Å². The summed E-state index contributed by atoms with van der Waals surface area (Å²) in [6.45, 7) is 2.64. The average molecular weight is 895 g/mol. The van der Waals surface area contributed by atoms with E-state index in [1.54, 1.807) is 22.9 Å². The molecule has 0 bridgehead atoms. The highest BCUT2D eigenvalue weighted by atomic mass is 32.2. The number of anilines is 1. The smallest absolute Gasteiger partial charge is 0.295 e. The van der Waals surface area contributed by atoms with Gasteiger partial charge in [0.15, 0.2) is 5.71 Å². The molecule has 0 saturated heterocycles. The van der Waals surface area contributed by atoms with Gasteiger partial charge in [0.05, 0.1) is 22.7 Å². The number of nitrogens with one attached hydrogen (secondary N) is 3. The van der Waals surface area contributed by atoms with Crippen LogP contribution in [0.1, 0.15) is 46.8 Å². The van der Waals surface area contributed by atoms with Gasteiger partial charge in [-0.25, -0.2) is 4.98 Å². The van der Waals surface area contributed by atoms with Crippen LogP contribution in [0.4, 0.5) is 11.4 Å². The van der Waals surface area contributed by atoms with Gasteiger partial charge in [0.2, 0.25) is 5.69 Å². The number of para-hydroxylation sites is 1. The molecular weight excluding hydrogens is 855 g/mol. The van der Waals surface area contributed by atoms with E-state index < -0.39 is 104 Å². The van der Waals surface area contributed by atoms with E-state index in [1.165, 1.54) is 30.3 Å². The zero-order valence-electron chi connectivity index (χ0n) is 31.4. The van der Waals surface area contributed by atoms with Gasteiger partial charge < -0.3 is 16.0 Å². The summed E-state index contributed by atoms with van der Waals surface area (Å²) in [5.41, 5.74) is 0.800. The van der Waals surface area contributed by atoms with Gasteiger partial charge in [-0.15, -0.1) is 0 Å². The average Bonchev–Trinajstić information content (AvgIpc) is 3.34. The highest BCUT2D eigenvalue weighted by Crippen LogP contribution is 2.47. The standard InChI is InChI=1S/C36H39N5O14S4/c1-36(2)32(11-12-37-25-7-4-3-5-8-25)41(15-6-16-56(44,45)46)30-22-31(59(53,54)55)27-19-23(9-10-26(27)33(30)36)24-20-28(34(42)38-13-17-57(47,48)49)40-29(21-24)35(43)39-14-18-58(50,51)52/h3-5,7-12,19-22H,6,13-18H2,1-2H3,(H6,38,39,42,43,44,45,46,47,48,49,50,51,52,53,54,55)/p+1. The third-order valence-corrected chi connectivity index (χ3v) is 12.3. The minimum absolute atomic E-state index is 0.0108. The van der Waals surface area contributed by atoms with Gasteiger partial charge in [0.1, 0.15) is 22.8 Å². The number of allylic oxidation sites excluding steroid dienone is 1. The number of carbonyl (C=O) groups excluding carboxylic acids is 2. The fourth-order valence-electron chi connectivity index (χ4n) is 6.63. The van der Waals surface area contributed by atoms with Crippen LogP contribution in [0.25, 0.3) is 21.9 Å². The number of aromatic nitrogens is 1. The highest BCUT2D eigenvalue weighted by molar-refractivity contribution is 7.86. The van der Waals surface area contributed by atoms with Crippen LogP contribution < -0.4 is 16.0 Å². The van der Waals surface area contributed by atoms with Gasteiger partial charge in [0.25, 0.3) is 52.3 Å². The number of rotatable bonds is 17. The minimum atomic E-state index is -4.99. The number of nitrogens with zero attached hydrogens (tertiary/aromatic N) is 2. The molecule has 316 valence electrons. The molecular formula is C36H40N5O14S4+. The fraction of sp³-hybridized carbons (Fsp3) is 0.278. The molecule has 1 aliphatic heterocycles. The maximum atomic E-state index is 13.1. The van der Waals surface area contributed by atoms with Crippen molar-refractivity contribution in [3.63, 3.8) is 0 Å². The maximum absolute atomic E-state index is 13.1. The second kappa shape index (κ2) is 17.2. The Hall–Kier alpha value is -5.14. The third-order valence-electron chi connectivity index (χ3n) is 9.17. The van der Waals surface area contributed by atoms with E-state index >= 15 is 0 Å². The number of hydrogen-bond donors (Lipinski definition) is 7. The first-order valence-electron chi connectivity index (χ1n) is 17.5. The molecule has 0 saturated carbocycles. The van der Waals surface area contributed by atoms with E-state index in [0.29, 0.717) is 22.3 Å². The molecule has 1 aromatic heterocycles. The van der Waals surface area contributed by atoms with E-state index in [1.807, 2.05) is 44.2 Å². The summed E-state index contributed by atoms with van der Waals surface area (Å²) in [5.74, 6) is -4.24. The monoisotopic (exact) mass is 894 g/mol. The number of fused-ring (bicyclic) bond motifs is 3. The normalized spacial score (nSPS) is 14.4. The van der Waals surface area contributed by atoms with Gasteiger partial charge in [-0.05, 0) is 60.7 Å². The fourth-order valence-corrected chi connectivity index (χ4v) is 8.55. The second-order valence-corrected chi connectivity index (χ2v) is 20.0. The molecule has 0 spiro atoms. The van der Waals surface area contributed by atoms with Crippen molar-refractivity contribution < 1.29 is 66.0 Å². The molecule has 5 rings (SSSR count). The molecule has 3 aromatic carbocycles. The molecule has 7 N–H and O–H groups in total. The van der Waals surface area contributed by atoms with Crippen LogP contribution in [-0.2, 0) is 45.9 Å². The third kappa shape index (κ3) is 11.5. The Morgan fingerprint density at radius 1 is 0.712 bits per heavy atom.